The van der Waals surface area contributed by atoms with Crippen molar-refractivity contribution in [3.8, 4) is 0 Å². The monoisotopic (exact) mass is 438 g/mol. The number of aryl methyl sites for hydroxylation is 2. The number of amides is 1. The number of rotatable bonds is 6. The van der Waals surface area contributed by atoms with Crippen molar-refractivity contribution in [2.45, 2.75) is 30.6 Å². The fourth-order valence-electron chi connectivity index (χ4n) is 3.73. The van der Waals surface area contributed by atoms with Crippen LogP contribution in [-0.4, -0.2) is 20.9 Å². The molecule has 1 aliphatic heterocycles. The molecule has 5 nitrogen and oxygen atoms in total. The van der Waals surface area contributed by atoms with Crippen molar-refractivity contribution < 1.29 is 17.6 Å². The summed E-state index contributed by atoms with van der Waals surface area (Å²) in [5, 5.41) is 2.87. The molecule has 0 aromatic heterocycles. The van der Waals surface area contributed by atoms with Gasteiger partial charge in [0.15, 0.2) is 0 Å². The highest BCUT2D eigenvalue weighted by atomic mass is 32.2. The molecular weight excluding hydrogens is 415 g/mol. The Labute approximate surface area is 181 Å². The Morgan fingerprint density at radius 3 is 2.48 bits per heavy atom. The number of hydrogen-bond acceptors (Lipinski definition) is 3. The summed E-state index contributed by atoms with van der Waals surface area (Å²) in [6.07, 6.45) is 2.41. The van der Waals surface area contributed by atoms with Crippen molar-refractivity contribution >= 4 is 27.3 Å². The molecule has 0 saturated heterocycles. The molecule has 1 aliphatic rings. The number of carbonyl (C=O) groups excluding carboxylic acids is 1. The van der Waals surface area contributed by atoms with E-state index in [1.165, 1.54) is 16.4 Å². The third kappa shape index (κ3) is 4.77. The van der Waals surface area contributed by atoms with Gasteiger partial charge in [-0.3, -0.25) is 9.10 Å². The standard InChI is InChI=1S/C24H23FN2O3S/c25-20-10-13-22(14-11-20)31(29,30)27-16-4-7-19-9-12-21(17-23(19)27)26-24(28)15-8-18-5-2-1-3-6-18/h1-3,5-6,9-14,17H,4,7-8,15-16H2,(H,26,28). The van der Waals surface area contributed by atoms with Crippen molar-refractivity contribution in [3.05, 3.63) is 89.7 Å². The molecule has 0 atom stereocenters. The topological polar surface area (TPSA) is 66.5 Å². The second-order valence-corrected chi connectivity index (χ2v) is 9.37. The highest BCUT2D eigenvalue weighted by Crippen LogP contribution is 2.34. The van der Waals surface area contributed by atoms with Gasteiger partial charge in [0, 0.05) is 18.7 Å². The van der Waals surface area contributed by atoms with Crippen LogP contribution in [0.5, 0.6) is 0 Å². The molecule has 1 heterocycles. The van der Waals surface area contributed by atoms with Crippen LogP contribution < -0.4 is 9.62 Å². The maximum atomic E-state index is 13.3. The van der Waals surface area contributed by atoms with Gasteiger partial charge in [-0.25, -0.2) is 12.8 Å². The minimum Gasteiger partial charge on any atom is -0.326 e. The zero-order valence-electron chi connectivity index (χ0n) is 16.9. The summed E-state index contributed by atoms with van der Waals surface area (Å²) in [5.41, 5.74) is 3.09. The molecular formula is C24H23FN2O3S. The summed E-state index contributed by atoms with van der Waals surface area (Å²) < 4.78 is 40.9. The lowest BCUT2D eigenvalue weighted by Crippen LogP contribution is -2.35. The lowest BCUT2D eigenvalue weighted by Gasteiger charge is -2.31. The van der Waals surface area contributed by atoms with Gasteiger partial charge in [-0.2, -0.15) is 0 Å². The lowest BCUT2D eigenvalue weighted by atomic mass is 10.0. The number of halogens is 1. The van der Waals surface area contributed by atoms with Crippen LogP contribution >= 0.6 is 0 Å². The molecule has 3 aromatic carbocycles. The van der Waals surface area contributed by atoms with Crippen LogP contribution in [-0.2, 0) is 27.7 Å². The van der Waals surface area contributed by atoms with E-state index in [-0.39, 0.29) is 10.8 Å². The molecule has 0 spiro atoms. The van der Waals surface area contributed by atoms with E-state index in [2.05, 4.69) is 5.32 Å². The summed E-state index contributed by atoms with van der Waals surface area (Å²) in [6.45, 7) is 0.331. The van der Waals surface area contributed by atoms with Crippen molar-refractivity contribution in [2.24, 2.45) is 0 Å². The Bertz CT molecular complexity index is 1180. The summed E-state index contributed by atoms with van der Waals surface area (Å²) in [7, 11) is -3.83. The molecule has 31 heavy (non-hydrogen) atoms. The Hall–Kier alpha value is -3.19. The number of nitrogens with one attached hydrogen (secondary N) is 1. The number of anilines is 2. The molecule has 0 bridgehead atoms. The average molecular weight is 439 g/mol. The van der Waals surface area contributed by atoms with E-state index in [0.29, 0.717) is 37.2 Å². The van der Waals surface area contributed by atoms with Crippen molar-refractivity contribution in [2.75, 3.05) is 16.2 Å². The quantitative estimate of drug-likeness (QED) is 0.615. The molecule has 160 valence electrons. The molecule has 0 unspecified atom stereocenters. The van der Waals surface area contributed by atoms with Gasteiger partial charge in [-0.05, 0) is 66.8 Å². The van der Waals surface area contributed by atoms with Crippen LogP contribution in [0.4, 0.5) is 15.8 Å². The molecule has 0 saturated carbocycles. The Balaban J connectivity index is 1.53. The van der Waals surface area contributed by atoms with E-state index < -0.39 is 15.8 Å². The number of sulfonamides is 1. The number of carbonyl (C=O) groups is 1. The van der Waals surface area contributed by atoms with Gasteiger partial charge >= 0.3 is 0 Å². The zero-order valence-corrected chi connectivity index (χ0v) is 17.7. The van der Waals surface area contributed by atoms with Crippen LogP contribution in [0.2, 0.25) is 0 Å². The summed E-state index contributed by atoms with van der Waals surface area (Å²) in [4.78, 5) is 12.4. The van der Waals surface area contributed by atoms with Crippen molar-refractivity contribution in [1.29, 1.82) is 0 Å². The highest BCUT2D eigenvalue weighted by Gasteiger charge is 2.29. The van der Waals surface area contributed by atoms with E-state index in [1.807, 2.05) is 36.4 Å². The third-order valence-corrected chi connectivity index (χ3v) is 7.16. The van der Waals surface area contributed by atoms with Crippen molar-refractivity contribution in [3.63, 3.8) is 0 Å². The smallest absolute Gasteiger partial charge is 0.264 e. The number of nitrogens with zero attached hydrogens (tertiary/aromatic N) is 1. The van der Waals surface area contributed by atoms with Crippen LogP contribution in [0.25, 0.3) is 0 Å². The molecule has 0 fully saturated rings. The molecule has 0 radical (unpaired) electrons. The average Bonchev–Trinajstić information content (AvgIpc) is 2.78. The summed E-state index contributed by atoms with van der Waals surface area (Å²) >= 11 is 0. The summed E-state index contributed by atoms with van der Waals surface area (Å²) in [6, 6.07) is 19.9. The molecule has 3 aromatic rings. The Kier molecular flexibility index (Phi) is 6.04. The number of hydrogen-bond donors (Lipinski definition) is 1. The first-order valence-electron chi connectivity index (χ1n) is 10.2. The predicted molar refractivity (Wildman–Crippen MR) is 119 cm³/mol. The van der Waals surface area contributed by atoms with Gasteiger partial charge < -0.3 is 5.32 Å². The number of fused-ring (bicyclic) bond motifs is 1. The second-order valence-electron chi connectivity index (χ2n) is 7.51. The minimum absolute atomic E-state index is 0.0408. The number of benzene rings is 3. The first-order valence-corrected chi connectivity index (χ1v) is 11.6. The maximum Gasteiger partial charge on any atom is 0.264 e. The largest absolute Gasteiger partial charge is 0.326 e. The molecule has 7 heteroatoms. The van der Waals surface area contributed by atoms with E-state index >= 15 is 0 Å². The SMILES string of the molecule is O=C(CCc1ccccc1)Nc1ccc2c(c1)N(S(=O)(=O)c1ccc(F)cc1)CCC2. The summed E-state index contributed by atoms with van der Waals surface area (Å²) in [5.74, 6) is -0.619. The van der Waals surface area contributed by atoms with Gasteiger partial charge in [0.2, 0.25) is 5.91 Å². The molecule has 1 amide bonds. The normalized spacial score (nSPS) is 13.5. The maximum absolute atomic E-state index is 13.3. The lowest BCUT2D eigenvalue weighted by molar-refractivity contribution is -0.116. The van der Waals surface area contributed by atoms with Crippen LogP contribution in [0, 0.1) is 5.82 Å². The van der Waals surface area contributed by atoms with Gasteiger partial charge in [0.25, 0.3) is 10.0 Å². The van der Waals surface area contributed by atoms with Crippen molar-refractivity contribution in [1.82, 2.24) is 0 Å². The molecule has 1 N–H and O–H groups in total. The predicted octanol–water partition coefficient (Wildman–Crippen LogP) is 4.54. The van der Waals surface area contributed by atoms with Gasteiger partial charge in [0.1, 0.15) is 5.82 Å². The first kappa shape index (κ1) is 21.1. The highest BCUT2D eigenvalue weighted by molar-refractivity contribution is 7.92. The van der Waals surface area contributed by atoms with Crippen LogP contribution in [0.3, 0.4) is 0 Å². The minimum atomic E-state index is -3.83. The fourth-order valence-corrected chi connectivity index (χ4v) is 5.26. The van der Waals surface area contributed by atoms with E-state index in [1.54, 1.807) is 12.1 Å². The third-order valence-electron chi connectivity index (χ3n) is 5.33. The fraction of sp³-hybridized carbons (Fsp3) is 0.208. The van der Waals surface area contributed by atoms with E-state index in [9.17, 15) is 17.6 Å². The first-order chi connectivity index (χ1) is 14.9. The van der Waals surface area contributed by atoms with E-state index in [0.717, 1.165) is 29.7 Å². The van der Waals surface area contributed by atoms with E-state index in [4.69, 9.17) is 0 Å². The Morgan fingerprint density at radius 2 is 1.74 bits per heavy atom. The molecule has 0 aliphatic carbocycles. The second kappa shape index (κ2) is 8.89. The van der Waals surface area contributed by atoms with Gasteiger partial charge in [-0.1, -0.05) is 36.4 Å². The zero-order chi connectivity index (χ0) is 21.8. The van der Waals surface area contributed by atoms with Gasteiger partial charge in [0.05, 0.1) is 10.6 Å². The van der Waals surface area contributed by atoms with Gasteiger partial charge in [-0.15, -0.1) is 0 Å². The molecule has 4 rings (SSSR count). The Morgan fingerprint density at radius 1 is 1.00 bits per heavy atom. The van der Waals surface area contributed by atoms with Crippen LogP contribution in [0.15, 0.2) is 77.7 Å². The van der Waals surface area contributed by atoms with Crippen LogP contribution in [0.1, 0.15) is 24.0 Å².